The van der Waals surface area contributed by atoms with Crippen LogP contribution in [0.1, 0.15) is 55.4 Å². The molecule has 3 N–H and O–H groups in total. The molecule has 3 nitrogen and oxygen atoms in total. The van der Waals surface area contributed by atoms with Gasteiger partial charge < -0.3 is 15.3 Å². The monoisotopic (exact) mass is 340 g/mol. The van der Waals surface area contributed by atoms with Gasteiger partial charge in [-0.05, 0) is 73.6 Å². The average molecular weight is 340 g/mol. The van der Waals surface area contributed by atoms with Crippen LogP contribution in [0.4, 0.5) is 0 Å². The molecule has 0 fully saturated rings. The van der Waals surface area contributed by atoms with E-state index in [4.69, 9.17) is 0 Å². The zero-order chi connectivity index (χ0) is 18.3. The fraction of sp³-hybridized carbons (Fsp3) is 0.364. The van der Waals surface area contributed by atoms with Crippen LogP contribution in [0.5, 0.6) is 5.75 Å². The molecule has 0 aliphatic carbocycles. The Morgan fingerprint density at radius 1 is 0.920 bits per heavy atom. The molecule has 2 rings (SSSR count). The maximum Gasteiger partial charge on any atom is 0.116 e. The molecule has 0 heterocycles. The van der Waals surface area contributed by atoms with Crippen molar-refractivity contribution in [1.82, 2.24) is 0 Å². The van der Waals surface area contributed by atoms with Crippen LogP contribution >= 0.6 is 0 Å². The molecule has 0 amide bonds. The highest BCUT2D eigenvalue weighted by atomic mass is 16.3. The van der Waals surface area contributed by atoms with E-state index in [0.29, 0.717) is 5.56 Å². The first-order valence-electron chi connectivity index (χ1n) is 8.79. The van der Waals surface area contributed by atoms with E-state index in [-0.39, 0.29) is 12.4 Å². The minimum Gasteiger partial charge on any atom is -0.508 e. The Labute approximate surface area is 150 Å². The number of hydrogen-bond donors (Lipinski definition) is 3. The molecule has 0 saturated carbocycles. The number of unbranched alkanes of at least 4 members (excludes halogenated alkanes) is 1. The highest BCUT2D eigenvalue weighted by Gasteiger charge is 2.11. The SMILES string of the molecule is CC(C)(O)CCCCc1cccc(C=Cc2cc(O)cc(CO)c2)c1. The standard InChI is InChI=1S/C22H28O3/c1-22(2,25)11-4-3-6-17-7-5-8-18(12-17)9-10-19-13-20(16-23)15-21(24)14-19/h5,7-10,12-15,23-25H,3-4,6,11,16H2,1-2H3. The third kappa shape index (κ3) is 7.12. The molecule has 2 aromatic carbocycles. The predicted octanol–water partition coefficient (Wildman–Crippen LogP) is 4.54. The molecule has 0 radical (unpaired) electrons. The van der Waals surface area contributed by atoms with Crippen LogP contribution in [-0.2, 0) is 13.0 Å². The second-order valence-corrected chi connectivity index (χ2v) is 7.19. The first-order valence-corrected chi connectivity index (χ1v) is 8.79. The Bertz CT molecular complexity index is 711. The van der Waals surface area contributed by atoms with Gasteiger partial charge in [-0.15, -0.1) is 0 Å². The third-order valence-electron chi connectivity index (χ3n) is 4.11. The number of aryl methyl sites for hydroxylation is 1. The molecule has 0 atom stereocenters. The molecule has 0 spiro atoms. The number of benzene rings is 2. The number of aliphatic hydroxyl groups excluding tert-OH is 1. The first kappa shape index (κ1) is 19.2. The maximum absolute atomic E-state index is 9.75. The fourth-order valence-corrected chi connectivity index (χ4v) is 2.82. The minimum absolute atomic E-state index is 0.0879. The van der Waals surface area contributed by atoms with Crippen molar-refractivity contribution in [2.45, 2.75) is 51.7 Å². The second kappa shape index (κ2) is 8.84. The highest BCUT2D eigenvalue weighted by molar-refractivity contribution is 5.70. The van der Waals surface area contributed by atoms with Crippen LogP contribution in [0, 0.1) is 0 Å². The van der Waals surface area contributed by atoms with E-state index in [0.717, 1.165) is 36.8 Å². The zero-order valence-corrected chi connectivity index (χ0v) is 15.1. The molecule has 3 heteroatoms. The van der Waals surface area contributed by atoms with Crippen molar-refractivity contribution in [3.8, 4) is 5.75 Å². The van der Waals surface area contributed by atoms with Gasteiger partial charge in [-0.3, -0.25) is 0 Å². The van der Waals surface area contributed by atoms with Crippen molar-refractivity contribution in [3.63, 3.8) is 0 Å². The normalized spacial score (nSPS) is 12.0. The summed E-state index contributed by atoms with van der Waals surface area (Å²) in [6, 6.07) is 13.5. The van der Waals surface area contributed by atoms with Gasteiger partial charge in [0.05, 0.1) is 12.2 Å². The van der Waals surface area contributed by atoms with E-state index < -0.39 is 5.60 Å². The molecule has 0 aliphatic heterocycles. The van der Waals surface area contributed by atoms with Crippen molar-refractivity contribution in [2.24, 2.45) is 0 Å². The van der Waals surface area contributed by atoms with E-state index in [1.165, 1.54) is 5.56 Å². The van der Waals surface area contributed by atoms with Crippen molar-refractivity contribution >= 4 is 12.2 Å². The lowest BCUT2D eigenvalue weighted by Crippen LogP contribution is -2.17. The van der Waals surface area contributed by atoms with Gasteiger partial charge in [0.15, 0.2) is 0 Å². The summed E-state index contributed by atoms with van der Waals surface area (Å²) in [5.41, 5.74) is 3.36. The summed E-state index contributed by atoms with van der Waals surface area (Å²) in [5, 5.41) is 28.6. The maximum atomic E-state index is 9.75. The number of phenols is 1. The topological polar surface area (TPSA) is 60.7 Å². The van der Waals surface area contributed by atoms with Crippen LogP contribution in [-0.4, -0.2) is 20.9 Å². The molecule has 0 bridgehead atoms. The molecular formula is C22H28O3. The Morgan fingerprint density at radius 3 is 2.36 bits per heavy atom. The lowest BCUT2D eigenvalue weighted by atomic mass is 9.98. The Morgan fingerprint density at radius 2 is 1.64 bits per heavy atom. The number of aliphatic hydroxyl groups is 2. The molecule has 0 unspecified atom stereocenters. The summed E-state index contributed by atoms with van der Waals surface area (Å²) in [5.74, 6) is 0.159. The van der Waals surface area contributed by atoms with E-state index in [9.17, 15) is 15.3 Å². The summed E-state index contributed by atoms with van der Waals surface area (Å²) < 4.78 is 0. The fourth-order valence-electron chi connectivity index (χ4n) is 2.82. The van der Waals surface area contributed by atoms with Crippen molar-refractivity contribution in [2.75, 3.05) is 0 Å². The van der Waals surface area contributed by atoms with Gasteiger partial charge in [0.1, 0.15) is 5.75 Å². The van der Waals surface area contributed by atoms with E-state index in [1.807, 2.05) is 44.2 Å². The van der Waals surface area contributed by atoms with E-state index >= 15 is 0 Å². The lowest BCUT2D eigenvalue weighted by Gasteiger charge is -2.16. The van der Waals surface area contributed by atoms with Gasteiger partial charge in [-0.25, -0.2) is 0 Å². The highest BCUT2D eigenvalue weighted by Crippen LogP contribution is 2.19. The van der Waals surface area contributed by atoms with Gasteiger partial charge in [0.25, 0.3) is 0 Å². The molecular weight excluding hydrogens is 312 g/mol. The van der Waals surface area contributed by atoms with Gasteiger partial charge in [0.2, 0.25) is 0 Å². The van der Waals surface area contributed by atoms with Crippen LogP contribution in [0.2, 0.25) is 0 Å². The summed E-state index contributed by atoms with van der Waals surface area (Å²) in [6.45, 7) is 3.61. The molecule has 134 valence electrons. The Hall–Kier alpha value is -2.10. The number of aromatic hydroxyl groups is 1. The van der Waals surface area contributed by atoms with Gasteiger partial charge in [-0.2, -0.15) is 0 Å². The average Bonchev–Trinajstić information content (AvgIpc) is 2.56. The summed E-state index contributed by atoms with van der Waals surface area (Å²) in [7, 11) is 0. The molecule has 2 aromatic rings. The molecule has 0 aromatic heterocycles. The summed E-state index contributed by atoms with van der Waals surface area (Å²) in [6.07, 6.45) is 7.83. The van der Waals surface area contributed by atoms with E-state index in [2.05, 4.69) is 12.1 Å². The molecule has 0 aliphatic rings. The largest absolute Gasteiger partial charge is 0.508 e. The zero-order valence-electron chi connectivity index (χ0n) is 15.1. The van der Waals surface area contributed by atoms with Crippen LogP contribution in [0.15, 0.2) is 42.5 Å². The van der Waals surface area contributed by atoms with Crippen LogP contribution < -0.4 is 0 Å². The van der Waals surface area contributed by atoms with Gasteiger partial charge in [-0.1, -0.05) is 42.8 Å². The van der Waals surface area contributed by atoms with Crippen molar-refractivity contribution in [3.05, 3.63) is 64.7 Å². The van der Waals surface area contributed by atoms with Crippen LogP contribution in [0.25, 0.3) is 12.2 Å². The minimum atomic E-state index is -0.584. The van der Waals surface area contributed by atoms with Crippen molar-refractivity contribution < 1.29 is 15.3 Å². The molecule has 25 heavy (non-hydrogen) atoms. The first-order chi connectivity index (χ1) is 11.9. The number of phenolic OH excluding ortho intramolecular Hbond substituents is 1. The Balaban J connectivity index is 1.98. The smallest absolute Gasteiger partial charge is 0.116 e. The summed E-state index contributed by atoms with van der Waals surface area (Å²) >= 11 is 0. The van der Waals surface area contributed by atoms with E-state index in [1.54, 1.807) is 12.1 Å². The number of rotatable bonds is 8. The number of hydrogen-bond acceptors (Lipinski definition) is 3. The quantitative estimate of drug-likeness (QED) is 0.488. The molecule has 0 saturated heterocycles. The third-order valence-corrected chi connectivity index (χ3v) is 4.11. The van der Waals surface area contributed by atoms with Crippen LogP contribution in [0.3, 0.4) is 0 Å². The van der Waals surface area contributed by atoms with Gasteiger partial charge >= 0.3 is 0 Å². The lowest BCUT2D eigenvalue weighted by molar-refractivity contribution is 0.0682. The second-order valence-electron chi connectivity index (χ2n) is 7.19. The van der Waals surface area contributed by atoms with Gasteiger partial charge in [0, 0.05) is 0 Å². The summed E-state index contributed by atoms with van der Waals surface area (Å²) in [4.78, 5) is 0. The Kier molecular flexibility index (Phi) is 6.80. The predicted molar refractivity (Wildman–Crippen MR) is 103 cm³/mol. The van der Waals surface area contributed by atoms with Crippen molar-refractivity contribution in [1.29, 1.82) is 0 Å².